The summed E-state index contributed by atoms with van der Waals surface area (Å²) in [5.74, 6) is -0.0824. The lowest BCUT2D eigenvalue weighted by Gasteiger charge is -2.24. The summed E-state index contributed by atoms with van der Waals surface area (Å²) in [6, 6.07) is 21.4. The lowest BCUT2D eigenvalue weighted by atomic mass is 10.3. The lowest BCUT2D eigenvalue weighted by molar-refractivity contribution is -0.114. The van der Waals surface area contributed by atoms with Crippen molar-refractivity contribution in [2.24, 2.45) is 7.05 Å². The average Bonchev–Trinajstić information content (AvgIpc) is 3.14. The Morgan fingerprint density at radius 3 is 2.13 bits per heavy atom. The summed E-state index contributed by atoms with van der Waals surface area (Å²) in [4.78, 5) is 26.4. The van der Waals surface area contributed by atoms with Crippen LogP contribution < -0.4 is 24.7 Å². The molecule has 38 heavy (non-hydrogen) atoms. The number of hydrogen-bond acceptors (Lipinski definition) is 6. The third-order valence-corrected chi connectivity index (χ3v) is 7.86. The molecule has 0 saturated heterocycles. The zero-order chi connectivity index (χ0) is 27.4. The third kappa shape index (κ3) is 5.00. The predicted octanol–water partition coefficient (Wildman–Crippen LogP) is 3.34. The molecule has 3 aromatic carbocycles. The molecule has 4 rings (SSSR count). The number of anilines is 2. The average molecular weight is 537 g/mol. The van der Waals surface area contributed by atoms with Crippen LogP contribution in [0.3, 0.4) is 0 Å². The molecule has 0 aliphatic heterocycles. The standard InChI is InChI=1S/C27H28N4O6S/c1-19-26(27(33)31(29(19)2)21-13-9-6-10-14-21)28-25(32)18-30(20-11-7-5-8-12-20)38(34,35)22-15-16-23(36-3)24(17-22)37-4/h5-17H,18H2,1-4H3,(H,28,32). The van der Waals surface area contributed by atoms with Crippen molar-refractivity contribution in [3.8, 4) is 17.2 Å². The molecule has 10 nitrogen and oxygen atoms in total. The maximum atomic E-state index is 13.7. The predicted molar refractivity (Wildman–Crippen MR) is 145 cm³/mol. The highest BCUT2D eigenvalue weighted by Crippen LogP contribution is 2.32. The Labute approximate surface area is 220 Å². The number of nitrogens with one attached hydrogen (secondary N) is 1. The summed E-state index contributed by atoms with van der Waals surface area (Å²) in [6.45, 7) is 1.13. The quantitative estimate of drug-likeness (QED) is 0.351. The second kappa shape index (κ2) is 10.9. The number of aromatic nitrogens is 2. The number of carbonyl (C=O) groups is 1. The van der Waals surface area contributed by atoms with E-state index >= 15 is 0 Å². The molecular formula is C27H28N4O6S. The van der Waals surface area contributed by atoms with Crippen LogP contribution in [0.25, 0.3) is 5.69 Å². The van der Waals surface area contributed by atoms with Gasteiger partial charge in [-0.05, 0) is 43.3 Å². The molecule has 0 unspecified atom stereocenters. The van der Waals surface area contributed by atoms with Crippen LogP contribution in [-0.4, -0.2) is 44.5 Å². The fourth-order valence-electron chi connectivity index (χ4n) is 4.04. The van der Waals surface area contributed by atoms with E-state index in [1.54, 1.807) is 73.3 Å². The summed E-state index contributed by atoms with van der Waals surface area (Å²) in [7, 11) is 0.341. The first kappa shape index (κ1) is 26.6. The smallest absolute Gasteiger partial charge is 0.295 e. The van der Waals surface area contributed by atoms with Crippen molar-refractivity contribution in [1.29, 1.82) is 0 Å². The summed E-state index contributed by atoms with van der Waals surface area (Å²) < 4.78 is 42.0. The van der Waals surface area contributed by atoms with Gasteiger partial charge in [0, 0.05) is 13.1 Å². The number of amides is 1. The van der Waals surface area contributed by atoms with E-state index in [0.29, 0.717) is 17.1 Å². The molecule has 0 saturated carbocycles. The van der Waals surface area contributed by atoms with E-state index in [1.807, 2.05) is 6.07 Å². The topological polar surface area (TPSA) is 112 Å². The maximum Gasteiger partial charge on any atom is 0.295 e. The van der Waals surface area contributed by atoms with Crippen molar-refractivity contribution in [2.45, 2.75) is 11.8 Å². The maximum absolute atomic E-state index is 13.7. The number of para-hydroxylation sites is 2. The Bertz CT molecular complexity index is 1610. The van der Waals surface area contributed by atoms with Crippen LogP contribution in [0.2, 0.25) is 0 Å². The van der Waals surface area contributed by atoms with Gasteiger partial charge in [-0.3, -0.25) is 18.6 Å². The second-order valence-electron chi connectivity index (χ2n) is 8.35. The van der Waals surface area contributed by atoms with Crippen molar-refractivity contribution in [2.75, 3.05) is 30.4 Å². The van der Waals surface area contributed by atoms with E-state index in [2.05, 4.69) is 5.32 Å². The summed E-state index contributed by atoms with van der Waals surface area (Å²) >= 11 is 0. The number of carbonyl (C=O) groups excluding carboxylic acids is 1. The number of rotatable bonds is 9. The van der Waals surface area contributed by atoms with Crippen molar-refractivity contribution in [1.82, 2.24) is 9.36 Å². The van der Waals surface area contributed by atoms with Crippen molar-refractivity contribution < 1.29 is 22.7 Å². The third-order valence-electron chi connectivity index (χ3n) is 6.09. The fraction of sp³-hybridized carbons (Fsp3) is 0.185. The van der Waals surface area contributed by atoms with Crippen LogP contribution in [0.5, 0.6) is 11.5 Å². The van der Waals surface area contributed by atoms with Crippen LogP contribution in [0.15, 0.2) is 88.6 Å². The molecule has 0 aliphatic rings. The molecule has 1 heterocycles. The highest BCUT2D eigenvalue weighted by molar-refractivity contribution is 7.92. The molecule has 1 N–H and O–H groups in total. The van der Waals surface area contributed by atoms with Gasteiger partial charge >= 0.3 is 0 Å². The normalized spacial score (nSPS) is 11.2. The number of sulfonamides is 1. The molecule has 0 fully saturated rings. The molecule has 4 aromatic rings. The Balaban J connectivity index is 1.70. The van der Waals surface area contributed by atoms with E-state index in [-0.39, 0.29) is 22.0 Å². The molecule has 0 aliphatic carbocycles. The summed E-state index contributed by atoms with van der Waals surface area (Å²) in [5.41, 5.74) is 1.06. The number of hydrogen-bond donors (Lipinski definition) is 1. The van der Waals surface area contributed by atoms with Crippen molar-refractivity contribution >= 4 is 27.3 Å². The van der Waals surface area contributed by atoms with Gasteiger partial charge in [0.2, 0.25) is 5.91 Å². The lowest BCUT2D eigenvalue weighted by Crippen LogP contribution is -2.38. The molecule has 0 spiro atoms. The van der Waals surface area contributed by atoms with Gasteiger partial charge in [0.05, 0.1) is 36.2 Å². The van der Waals surface area contributed by atoms with Crippen molar-refractivity contribution in [3.05, 3.63) is 94.9 Å². The van der Waals surface area contributed by atoms with Gasteiger partial charge in [-0.2, -0.15) is 0 Å². The van der Waals surface area contributed by atoms with Gasteiger partial charge in [0.25, 0.3) is 15.6 Å². The highest BCUT2D eigenvalue weighted by Gasteiger charge is 2.29. The van der Waals surface area contributed by atoms with E-state index < -0.39 is 28.0 Å². The highest BCUT2D eigenvalue weighted by atomic mass is 32.2. The number of ether oxygens (including phenoxy) is 2. The van der Waals surface area contributed by atoms with Gasteiger partial charge in [-0.25, -0.2) is 13.1 Å². The summed E-state index contributed by atoms with van der Waals surface area (Å²) in [5, 5.41) is 2.63. The first-order valence-corrected chi connectivity index (χ1v) is 13.1. The summed E-state index contributed by atoms with van der Waals surface area (Å²) in [6.07, 6.45) is 0. The molecule has 11 heteroatoms. The minimum absolute atomic E-state index is 0.0675. The zero-order valence-electron chi connectivity index (χ0n) is 21.4. The molecule has 0 atom stereocenters. The number of benzene rings is 3. The Hall–Kier alpha value is -4.51. The minimum Gasteiger partial charge on any atom is -0.493 e. The Morgan fingerprint density at radius 1 is 0.921 bits per heavy atom. The Kier molecular flexibility index (Phi) is 7.58. The van der Waals surface area contributed by atoms with E-state index in [9.17, 15) is 18.0 Å². The van der Waals surface area contributed by atoms with Gasteiger partial charge in [0.15, 0.2) is 11.5 Å². The molecular weight excluding hydrogens is 508 g/mol. The first-order chi connectivity index (χ1) is 18.2. The van der Waals surface area contributed by atoms with Crippen molar-refractivity contribution in [3.63, 3.8) is 0 Å². The molecule has 0 radical (unpaired) electrons. The van der Waals surface area contributed by atoms with Gasteiger partial charge in [-0.15, -0.1) is 0 Å². The number of nitrogens with zero attached hydrogens (tertiary/aromatic N) is 3. The minimum atomic E-state index is -4.22. The molecule has 1 aromatic heterocycles. The number of methoxy groups -OCH3 is 2. The van der Waals surface area contributed by atoms with Crippen LogP contribution in [0, 0.1) is 6.92 Å². The molecule has 198 valence electrons. The monoisotopic (exact) mass is 536 g/mol. The van der Waals surface area contributed by atoms with E-state index in [4.69, 9.17) is 9.47 Å². The first-order valence-electron chi connectivity index (χ1n) is 11.6. The van der Waals surface area contributed by atoms with Gasteiger partial charge in [0.1, 0.15) is 12.2 Å². The van der Waals surface area contributed by atoms with Crippen LogP contribution in [-0.2, 0) is 21.9 Å². The largest absolute Gasteiger partial charge is 0.493 e. The van der Waals surface area contributed by atoms with Crippen LogP contribution >= 0.6 is 0 Å². The van der Waals surface area contributed by atoms with Crippen LogP contribution in [0.1, 0.15) is 5.69 Å². The SMILES string of the molecule is COc1ccc(S(=O)(=O)N(CC(=O)Nc2c(C)n(C)n(-c3ccccc3)c2=O)c2ccccc2)cc1OC. The van der Waals surface area contributed by atoms with Gasteiger partial charge < -0.3 is 14.8 Å². The second-order valence-corrected chi connectivity index (χ2v) is 10.2. The van der Waals surface area contributed by atoms with Gasteiger partial charge in [-0.1, -0.05) is 36.4 Å². The molecule has 1 amide bonds. The molecule has 0 bridgehead atoms. The Morgan fingerprint density at radius 2 is 1.53 bits per heavy atom. The zero-order valence-corrected chi connectivity index (χ0v) is 22.2. The fourth-order valence-corrected chi connectivity index (χ4v) is 5.47. The van der Waals surface area contributed by atoms with Crippen LogP contribution in [0.4, 0.5) is 11.4 Å². The van der Waals surface area contributed by atoms with E-state index in [0.717, 1.165) is 4.31 Å². The van der Waals surface area contributed by atoms with E-state index in [1.165, 1.54) is 37.1 Å².